The van der Waals surface area contributed by atoms with Crippen molar-refractivity contribution >= 4 is 8.56 Å². The summed E-state index contributed by atoms with van der Waals surface area (Å²) in [6, 6.07) is 0.592. The van der Waals surface area contributed by atoms with Crippen LogP contribution in [0.4, 0.5) is 0 Å². The van der Waals surface area contributed by atoms with Crippen LogP contribution in [0.3, 0.4) is 0 Å². The zero-order valence-electron chi connectivity index (χ0n) is 12.9. The first-order chi connectivity index (χ1) is 9.90. The molecular formula is C12H28O8Si. The average molecular weight is 328 g/mol. The van der Waals surface area contributed by atoms with Gasteiger partial charge in [-0.1, -0.05) is 0 Å². The van der Waals surface area contributed by atoms with Crippen LogP contribution >= 0.6 is 0 Å². The second-order valence-electron chi connectivity index (χ2n) is 4.85. The molecule has 9 heteroatoms. The summed E-state index contributed by atoms with van der Waals surface area (Å²) in [4.78, 5) is 0. The largest absolute Gasteiger partial charge is 0.398 e. The number of hydrogen-bond donors (Lipinski definition) is 4. The molecule has 0 amide bonds. The fourth-order valence-electron chi connectivity index (χ4n) is 1.42. The third kappa shape index (κ3) is 9.50. The van der Waals surface area contributed by atoms with E-state index in [0.29, 0.717) is 12.5 Å². The number of aliphatic hydroxyl groups is 4. The zero-order valence-corrected chi connectivity index (χ0v) is 13.9. The third-order valence-corrected chi connectivity index (χ3v) is 5.99. The first-order valence-electron chi connectivity index (χ1n) is 6.82. The summed E-state index contributed by atoms with van der Waals surface area (Å²) < 4.78 is 21.4. The Morgan fingerprint density at radius 3 is 1.67 bits per heavy atom. The van der Waals surface area contributed by atoms with Crippen molar-refractivity contribution in [1.29, 1.82) is 0 Å². The first-order valence-corrected chi connectivity index (χ1v) is 9.34. The summed E-state index contributed by atoms with van der Waals surface area (Å²) in [6.45, 7) is 0.904. The summed E-state index contributed by atoms with van der Waals surface area (Å²) in [7, 11) is 0.889. The topological polar surface area (TPSA) is 118 Å². The predicted molar refractivity (Wildman–Crippen MR) is 76.9 cm³/mol. The van der Waals surface area contributed by atoms with E-state index in [1.165, 1.54) is 0 Å². The molecule has 2 unspecified atom stereocenters. The minimum absolute atomic E-state index is 0.0887. The van der Waals surface area contributed by atoms with Gasteiger partial charge < -0.3 is 38.8 Å². The van der Waals surface area contributed by atoms with E-state index in [1.807, 2.05) is 6.55 Å². The highest BCUT2D eigenvalue weighted by Gasteiger charge is 2.30. The van der Waals surface area contributed by atoms with Gasteiger partial charge in [-0.25, -0.2) is 0 Å². The van der Waals surface area contributed by atoms with Gasteiger partial charge in [-0.05, 0) is 12.6 Å². The Hall–Kier alpha value is -0.103. The second-order valence-corrected chi connectivity index (χ2v) is 8.43. The molecule has 0 rings (SSSR count). The van der Waals surface area contributed by atoms with Crippen LogP contribution < -0.4 is 0 Å². The highest BCUT2D eigenvalue weighted by molar-refractivity contribution is 6.65. The van der Waals surface area contributed by atoms with E-state index in [0.717, 1.165) is 0 Å². The maximum absolute atomic E-state index is 9.29. The summed E-state index contributed by atoms with van der Waals surface area (Å²) in [5.74, 6) is 0. The molecule has 0 aliphatic heterocycles. The minimum atomic E-state index is -2.27. The van der Waals surface area contributed by atoms with Gasteiger partial charge in [0, 0.05) is 20.6 Å². The van der Waals surface area contributed by atoms with Crippen LogP contribution in [0, 0.1) is 0 Å². The number of rotatable bonds is 13. The average Bonchev–Trinajstić information content (AvgIpc) is 2.52. The summed E-state index contributed by atoms with van der Waals surface area (Å²) >= 11 is 0. The van der Waals surface area contributed by atoms with Crippen molar-refractivity contribution < 1.29 is 38.8 Å². The predicted octanol–water partition coefficient (Wildman–Crippen LogP) is -1.19. The van der Waals surface area contributed by atoms with E-state index < -0.39 is 40.3 Å². The third-order valence-electron chi connectivity index (χ3n) is 3.07. The highest BCUT2D eigenvalue weighted by Crippen LogP contribution is 2.17. The molecule has 0 aromatic carbocycles. The molecule has 4 N–H and O–H groups in total. The van der Waals surface area contributed by atoms with Crippen molar-refractivity contribution in [3.63, 3.8) is 0 Å². The number of ether oxygens (including phenoxy) is 2. The van der Waals surface area contributed by atoms with Gasteiger partial charge in [0.2, 0.25) is 0 Å². The van der Waals surface area contributed by atoms with Crippen LogP contribution in [-0.2, 0) is 18.3 Å². The van der Waals surface area contributed by atoms with Gasteiger partial charge in [0.1, 0.15) is 12.2 Å². The molecule has 8 nitrogen and oxygen atoms in total. The normalized spacial score (nSPS) is 16.7. The van der Waals surface area contributed by atoms with Crippen LogP contribution in [0.25, 0.3) is 0 Å². The molecule has 0 saturated heterocycles. The van der Waals surface area contributed by atoms with Crippen molar-refractivity contribution in [2.75, 3.05) is 40.6 Å². The molecule has 0 radical (unpaired) electrons. The molecule has 0 spiro atoms. The van der Waals surface area contributed by atoms with E-state index in [-0.39, 0.29) is 13.2 Å². The summed E-state index contributed by atoms with van der Waals surface area (Å²) in [5, 5.41) is 36.1. The molecule has 21 heavy (non-hydrogen) atoms. The molecule has 0 bridgehead atoms. The molecule has 0 saturated carbocycles. The van der Waals surface area contributed by atoms with Gasteiger partial charge in [-0.15, -0.1) is 0 Å². The lowest BCUT2D eigenvalue weighted by Gasteiger charge is -2.26. The Kier molecular flexibility index (Phi) is 11.4. The van der Waals surface area contributed by atoms with Crippen LogP contribution in [0.1, 0.15) is 6.42 Å². The quantitative estimate of drug-likeness (QED) is 0.246. The smallest absolute Gasteiger partial charge is 0.334 e. The van der Waals surface area contributed by atoms with Gasteiger partial charge in [-0.3, -0.25) is 0 Å². The number of hydrogen-bond acceptors (Lipinski definition) is 8. The van der Waals surface area contributed by atoms with E-state index in [2.05, 4.69) is 0 Å². The zero-order chi connectivity index (χ0) is 16.3. The molecule has 128 valence electrons. The fourth-order valence-corrected chi connectivity index (χ4v) is 2.76. The minimum Gasteiger partial charge on any atom is -0.398 e. The van der Waals surface area contributed by atoms with E-state index in [9.17, 15) is 10.2 Å². The van der Waals surface area contributed by atoms with Gasteiger partial charge >= 0.3 is 8.56 Å². The molecule has 0 heterocycles. The Morgan fingerprint density at radius 2 is 1.33 bits per heavy atom. The molecular weight excluding hydrogens is 300 g/mol. The molecule has 0 aromatic rings. The Balaban J connectivity index is 4.35. The highest BCUT2D eigenvalue weighted by atomic mass is 28.4. The van der Waals surface area contributed by atoms with Gasteiger partial charge in [0.25, 0.3) is 0 Å². The van der Waals surface area contributed by atoms with Crippen molar-refractivity contribution in [2.45, 2.75) is 37.5 Å². The first kappa shape index (κ1) is 20.9. The molecule has 0 fully saturated rings. The number of aliphatic hydroxyl groups excluding tert-OH is 4. The van der Waals surface area contributed by atoms with Crippen molar-refractivity contribution in [1.82, 2.24) is 0 Å². The fraction of sp³-hybridized carbons (Fsp3) is 1.00. The standard InChI is InChI=1S/C12H28O8Si/c1-17-21(3,18-2)5-4-12(19-8-10(15)6-13)20-9-11(16)7-14/h10-16H,4-9H2,1-3H3. The van der Waals surface area contributed by atoms with Gasteiger partial charge in [-0.2, -0.15) is 0 Å². The summed E-state index contributed by atoms with van der Waals surface area (Å²) in [5.41, 5.74) is 0. The lowest BCUT2D eigenvalue weighted by atomic mass is 10.4. The van der Waals surface area contributed by atoms with Gasteiger partial charge in [0.05, 0.1) is 26.4 Å². The van der Waals surface area contributed by atoms with Crippen molar-refractivity contribution in [3.8, 4) is 0 Å². The Labute approximate surface area is 126 Å². The van der Waals surface area contributed by atoms with Crippen LogP contribution in [0.15, 0.2) is 0 Å². The van der Waals surface area contributed by atoms with Crippen molar-refractivity contribution in [3.05, 3.63) is 0 Å². The van der Waals surface area contributed by atoms with Gasteiger partial charge in [0.15, 0.2) is 6.29 Å². The Morgan fingerprint density at radius 1 is 0.905 bits per heavy atom. The van der Waals surface area contributed by atoms with E-state index in [1.54, 1.807) is 14.2 Å². The SMILES string of the molecule is CO[Si](C)(CCC(OCC(O)CO)OCC(O)CO)OC. The molecule has 0 aromatic heterocycles. The Bertz CT molecular complexity index is 237. The lowest BCUT2D eigenvalue weighted by Crippen LogP contribution is -2.38. The lowest BCUT2D eigenvalue weighted by molar-refractivity contribution is -0.176. The molecule has 2 atom stereocenters. The van der Waals surface area contributed by atoms with E-state index in [4.69, 9.17) is 28.5 Å². The summed E-state index contributed by atoms with van der Waals surface area (Å²) in [6.07, 6.45) is -2.23. The second kappa shape index (κ2) is 11.5. The maximum atomic E-state index is 9.29. The molecule has 0 aliphatic carbocycles. The monoisotopic (exact) mass is 328 g/mol. The maximum Gasteiger partial charge on any atom is 0.334 e. The van der Waals surface area contributed by atoms with Crippen LogP contribution in [0.2, 0.25) is 12.6 Å². The van der Waals surface area contributed by atoms with Crippen molar-refractivity contribution in [2.24, 2.45) is 0 Å². The van der Waals surface area contributed by atoms with Crippen LogP contribution in [-0.4, -0.2) is 88.1 Å². The molecule has 0 aliphatic rings. The van der Waals surface area contributed by atoms with Crippen LogP contribution in [0.5, 0.6) is 0 Å². The van der Waals surface area contributed by atoms with E-state index >= 15 is 0 Å².